The van der Waals surface area contributed by atoms with Crippen molar-refractivity contribution in [1.29, 1.82) is 0 Å². The zero-order valence-electron chi connectivity index (χ0n) is 10.8. The molecule has 10 heteroatoms. The van der Waals surface area contributed by atoms with E-state index >= 15 is 0 Å². The van der Waals surface area contributed by atoms with Crippen molar-refractivity contribution in [3.05, 3.63) is 12.1 Å². The Morgan fingerprint density at radius 1 is 1.21 bits per heavy atom. The summed E-state index contributed by atoms with van der Waals surface area (Å²) in [5.74, 6) is -2.00. The smallest absolute Gasteiger partial charge is 0.566 e. The number of carboxylic acids is 1. The third kappa shape index (κ3) is 45.7. The van der Waals surface area contributed by atoms with Gasteiger partial charge in [-0.1, -0.05) is 7.43 Å². The van der Waals surface area contributed by atoms with E-state index < -0.39 is 18.5 Å². The van der Waals surface area contributed by atoms with E-state index in [0.29, 0.717) is 13.1 Å². The van der Waals surface area contributed by atoms with Crippen LogP contribution in [-0.2, 0) is 4.79 Å². The van der Waals surface area contributed by atoms with Crippen molar-refractivity contribution in [2.45, 2.75) is 7.43 Å². The molecule has 104 valence electrons. The van der Waals surface area contributed by atoms with Gasteiger partial charge in [-0.3, -0.25) is 0 Å². The molecule has 0 amide bonds. The van der Waals surface area contributed by atoms with Crippen molar-refractivity contribution in [2.24, 2.45) is 0 Å². The predicted octanol–water partition coefficient (Wildman–Crippen LogP) is -9.39. The second kappa shape index (κ2) is 26.9. The minimum atomic E-state index is -1.28. The molecule has 19 heavy (non-hydrogen) atoms. The summed E-state index contributed by atoms with van der Waals surface area (Å²) in [6.07, 6.45) is 0.857. The maximum absolute atomic E-state index is 9.64. The summed E-state index contributed by atoms with van der Waals surface area (Å²) >= 11 is 0. The van der Waals surface area contributed by atoms with Crippen LogP contribution in [-0.4, -0.2) is 59.2 Å². The van der Waals surface area contributed by atoms with Gasteiger partial charge >= 0.3 is 65.1 Å². The molecule has 0 fully saturated rings. The van der Waals surface area contributed by atoms with Crippen molar-refractivity contribution >= 4 is 5.97 Å². The molecule has 0 aliphatic rings. The number of aliphatic hydroxyl groups excluding tert-OH is 3. The minimum absolute atomic E-state index is 0. The summed E-state index contributed by atoms with van der Waals surface area (Å²) in [6.45, 7) is 1.02. The average Bonchev–Trinajstić information content (AvgIpc) is 2.18. The largest absolute Gasteiger partial charge is 1.00 e. The number of rotatable bonds is 7. The SMILES string of the molecule is C.O=C([O-])CN/C=C(/O)[OH2+].OCCNCCO.[Na+].[Na+]. The van der Waals surface area contributed by atoms with E-state index in [2.05, 4.69) is 10.6 Å². The van der Waals surface area contributed by atoms with Crippen LogP contribution in [0.25, 0.3) is 0 Å². The standard InChI is InChI=1S/C4H7NO4.C4H11NO2.CH4.2Na/c6-3(7)1-5-2-4(8)9;6-3-1-5-2-4-7;;;/h1,5-7H,2H2,(H,8,9);5-7H,1-4H2;1H4;;/q;;;2*+1. The van der Waals surface area contributed by atoms with Gasteiger partial charge in [-0.25, -0.2) is 0 Å². The van der Waals surface area contributed by atoms with Crippen molar-refractivity contribution < 1.29 is 89.4 Å². The Labute approximate surface area is 157 Å². The van der Waals surface area contributed by atoms with E-state index in [0.717, 1.165) is 6.20 Å². The monoisotopic (exact) mass is 300 g/mol. The fourth-order valence-corrected chi connectivity index (χ4v) is 0.514. The first-order valence-electron chi connectivity index (χ1n) is 4.51. The van der Waals surface area contributed by atoms with Gasteiger partial charge in [0.1, 0.15) is 6.20 Å². The van der Waals surface area contributed by atoms with E-state index in [9.17, 15) is 9.90 Å². The number of nitrogens with one attached hydrogen (secondary N) is 2. The van der Waals surface area contributed by atoms with Crippen LogP contribution < -0.4 is 74.9 Å². The predicted molar refractivity (Wildman–Crippen MR) is 61.1 cm³/mol. The Hall–Kier alpha value is 0.490. The molecule has 0 rings (SSSR count). The molecule has 0 aromatic heterocycles. The van der Waals surface area contributed by atoms with Gasteiger partial charge in [0, 0.05) is 13.1 Å². The molecule has 0 radical (unpaired) electrons. The van der Waals surface area contributed by atoms with Crippen LogP contribution in [0.1, 0.15) is 7.43 Å². The summed E-state index contributed by atoms with van der Waals surface area (Å²) < 4.78 is 0. The van der Waals surface area contributed by atoms with Gasteiger partial charge in [0.15, 0.2) is 0 Å². The van der Waals surface area contributed by atoms with Crippen LogP contribution in [0.4, 0.5) is 0 Å². The molecule has 7 N–H and O–H groups in total. The van der Waals surface area contributed by atoms with Gasteiger partial charge < -0.3 is 41.0 Å². The summed E-state index contributed by atoms with van der Waals surface area (Å²) in [5, 5.41) is 45.3. The van der Waals surface area contributed by atoms with Crippen molar-refractivity contribution in [3.63, 3.8) is 0 Å². The Balaban J connectivity index is -0.0000000607. The fraction of sp³-hybridized carbons (Fsp3) is 0.667. The zero-order valence-corrected chi connectivity index (χ0v) is 14.8. The van der Waals surface area contributed by atoms with Crippen molar-refractivity contribution in [2.75, 3.05) is 32.8 Å². The molecular formula is C9H22N2Na2O6+2. The van der Waals surface area contributed by atoms with Gasteiger partial charge in [0.2, 0.25) is 0 Å². The van der Waals surface area contributed by atoms with E-state index in [1.54, 1.807) is 0 Å². The number of carboxylic acid groups (broad SMARTS) is 1. The number of aliphatic hydroxyl groups is 3. The van der Waals surface area contributed by atoms with Crippen molar-refractivity contribution in [1.82, 2.24) is 10.6 Å². The number of aliphatic carboxylic acids is 1. The molecule has 0 atom stereocenters. The van der Waals surface area contributed by atoms with Crippen LogP contribution in [0.2, 0.25) is 0 Å². The second-order valence-corrected chi connectivity index (χ2v) is 2.48. The molecule has 0 spiro atoms. The first kappa shape index (κ1) is 31.7. The number of hydrogen-bond donors (Lipinski definition) is 5. The van der Waals surface area contributed by atoms with Crippen LogP contribution >= 0.6 is 0 Å². The van der Waals surface area contributed by atoms with Gasteiger partial charge in [0.05, 0.1) is 25.7 Å². The summed E-state index contributed by atoms with van der Waals surface area (Å²) in [5.41, 5.74) is 0. The van der Waals surface area contributed by atoms with Gasteiger partial charge in [-0.15, -0.1) is 0 Å². The third-order valence-corrected chi connectivity index (χ3v) is 1.06. The second-order valence-electron chi connectivity index (χ2n) is 2.48. The van der Waals surface area contributed by atoms with E-state index in [4.69, 9.17) is 20.4 Å². The minimum Gasteiger partial charge on any atom is -0.566 e. The Kier molecular flexibility index (Phi) is 45.0. The van der Waals surface area contributed by atoms with E-state index in [1.807, 2.05) is 0 Å². The molecule has 0 unspecified atom stereocenters. The molecule has 8 nitrogen and oxygen atoms in total. The zero-order chi connectivity index (χ0) is 12.8. The van der Waals surface area contributed by atoms with Crippen LogP contribution in [0, 0.1) is 0 Å². The summed E-state index contributed by atoms with van der Waals surface area (Å²) in [7, 11) is 0. The van der Waals surface area contributed by atoms with Crippen LogP contribution in [0.15, 0.2) is 12.1 Å². The van der Waals surface area contributed by atoms with Crippen molar-refractivity contribution in [3.8, 4) is 0 Å². The topological polar surface area (TPSA) is 148 Å². The molecule has 0 aromatic rings. The van der Waals surface area contributed by atoms with Gasteiger partial charge in [-0.2, -0.15) is 0 Å². The normalized spacial score (nSPS) is 8.63. The maximum Gasteiger partial charge on any atom is 1.00 e. The molecule has 0 heterocycles. The molecular weight excluding hydrogens is 278 g/mol. The summed E-state index contributed by atoms with van der Waals surface area (Å²) in [6, 6.07) is 0. The number of carbonyl (C=O) groups excluding carboxylic acids is 1. The Bertz CT molecular complexity index is 199. The third-order valence-electron chi connectivity index (χ3n) is 1.06. The maximum atomic E-state index is 9.64. The average molecular weight is 300 g/mol. The number of hydrogen-bond acceptors (Lipinski definition) is 7. The quantitative estimate of drug-likeness (QED) is 0.136. The Morgan fingerprint density at radius 3 is 1.89 bits per heavy atom. The first-order valence-corrected chi connectivity index (χ1v) is 4.51. The van der Waals surface area contributed by atoms with Gasteiger partial charge in [-0.05, 0) is 0 Å². The van der Waals surface area contributed by atoms with Crippen LogP contribution in [0.3, 0.4) is 0 Å². The molecule has 0 aromatic carbocycles. The van der Waals surface area contributed by atoms with E-state index in [1.165, 1.54) is 0 Å². The Morgan fingerprint density at radius 2 is 1.63 bits per heavy atom. The van der Waals surface area contributed by atoms with Gasteiger partial charge in [0.25, 0.3) is 0 Å². The molecule has 0 saturated heterocycles. The molecule has 0 aliphatic heterocycles. The molecule has 0 bridgehead atoms. The molecule has 0 saturated carbocycles. The van der Waals surface area contributed by atoms with E-state index in [-0.39, 0.29) is 79.8 Å². The van der Waals surface area contributed by atoms with Crippen LogP contribution in [0.5, 0.6) is 0 Å². The fourth-order valence-electron chi connectivity index (χ4n) is 0.514. The summed E-state index contributed by atoms with van der Waals surface area (Å²) in [4.78, 5) is 9.64. The number of carbonyl (C=O) groups is 1. The first-order chi connectivity index (χ1) is 7.54. The molecule has 0 aliphatic carbocycles.